The number of aliphatic hydroxyl groups excluding tert-OH is 3. The molecule has 1 aliphatic rings. The van der Waals surface area contributed by atoms with Crippen molar-refractivity contribution in [2.24, 2.45) is 5.41 Å². The first-order valence-corrected chi connectivity index (χ1v) is 6.07. The molecule has 0 spiro atoms. The molecule has 0 radical (unpaired) electrons. The Hall–Kier alpha value is -0.200. The average molecular weight is 247 g/mol. The van der Waals surface area contributed by atoms with E-state index in [-0.39, 0.29) is 31.5 Å². The molecule has 1 aliphatic heterocycles. The highest BCUT2D eigenvalue weighted by atomic mass is 16.5. The van der Waals surface area contributed by atoms with Crippen molar-refractivity contribution >= 4 is 0 Å². The predicted molar refractivity (Wildman–Crippen MR) is 64.8 cm³/mol. The van der Waals surface area contributed by atoms with Gasteiger partial charge in [-0.2, -0.15) is 0 Å². The molecular formula is C12H25NO4. The molecule has 1 unspecified atom stereocenters. The van der Waals surface area contributed by atoms with Crippen molar-refractivity contribution in [2.75, 3.05) is 39.5 Å². The van der Waals surface area contributed by atoms with Crippen molar-refractivity contribution in [3.05, 3.63) is 0 Å². The maximum absolute atomic E-state index is 9.30. The van der Waals surface area contributed by atoms with Crippen molar-refractivity contribution in [3.63, 3.8) is 0 Å². The summed E-state index contributed by atoms with van der Waals surface area (Å²) in [5.74, 6) is 0. The van der Waals surface area contributed by atoms with Crippen LogP contribution < -0.4 is 0 Å². The zero-order chi connectivity index (χ0) is 13.1. The fourth-order valence-corrected chi connectivity index (χ4v) is 2.32. The average Bonchev–Trinajstić information content (AvgIpc) is 2.26. The lowest BCUT2D eigenvalue weighted by atomic mass is 9.91. The molecular weight excluding hydrogens is 222 g/mol. The van der Waals surface area contributed by atoms with Crippen LogP contribution >= 0.6 is 0 Å². The van der Waals surface area contributed by atoms with E-state index in [1.54, 1.807) is 0 Å². The number of rotatable bonds is 5. The molecule has 0 aromatic heterocycles. The van der Waals surface area contributed by atoms with Crippen LogP contribution in [0.3, 0.4) is 0 Å². The summed E-state index contributed by atoms with van der Waals surface area (Å²) < 4.78 is 5.72. The fraction of sp³-hybridized carbons (Fsp3) is 1.00. The van der Waals surface area contributed by atoms with Gasteiger partial charge in [0.2, 0.25) is 0 Å². The van der Waals surface area contributed by atoms with Crippen molar-refractivity contribution in [3.8, 4) is 0 Å². The highest BCUT2D eigenvalue weighted by Crippen LogP contribution is 2.24. The Morgan fingerprint density at radius 2 is 1.88 bits per heavy atom. The molecule has 5 heteroatoms. The molecule has 1 atom stereocenters. The van der Waals surface area contributed by atoms with Crippen LogP contribution in [0.25, 0.3) is 0 Å². The summed E-state index contributed by atoms with van der Waals surface area (Å²) in [6, 6.07) is 0. The van der Waals surface area contributed by atoms with E-state index < -0.39 is 5.41 Å². The van der Waals surface area contributed by atoms with Crippen molar-refractivity contribution in [2.45, 2.75) is 32.5 Å². The summed E-state index contributed by atoms with van der Waals surface area (Å²) >= 11 is 0. The fourth-order valence-electron chi connectivity index (χ4n) is 2.32. The quantitative estimate of drug-likeness (QED) is 0.608. The van der Waals surface area contributed by atoms with E-state index in [4.69, 9.17) is 4.74 Å². The minimum Gasteiger partial charge on any atom is -0.396 e. The van der Waals surface area contributed by atoms with Gasteiger partial charge in [-0.3, -0.25) is 4.90 Å². The summed E-state index contributed by atoms with van der Waals surface area (Å²) in [5.41, 5.74) is -0.815. The van der Waals surface area contributed by atoms with E-state index in [1.807, 2.05) is 20.8 Å². The van der Waals surface area contributed by atoms with E-state index >= 15 is 0 Å². The molecule has 0 aromatic rings. The highest BCUT2D eigenvalue weighted by molar-refractivity contribution is 4.87. The normalized spacial score (nSPS) is 26.1. The summed E-state index contributed by atoms with van der Waals surface area (Å²) in [6.45, 7) is 7.68. The van der Waals surface area contributed by atoms with Crippen LogP contribution in [0.4, 0.5) is 0 Å². The van der Waals surface area contributed by atoms with Crippen LogP contribution in [0.1, 0.15) is 20.8 Å². The second-order valence-corrected chi connectivity index (χ2v) is 5.98. The van der Waals surface area contributed by atoms with Gasteiger partial charge < -0.3 is 20.1 Å². The zero-order valence-electron chi connectivity index (χ0n) is 11.0. The van der Waals surface area contributed by atoms with Gasteiger partial charge in [0.05, 0.1) is 31.5 Å². The predicted octanol–water partition coefficient (Wildman–Crippen LogP) is -0.551. The van der Waals surface area contributed by atoms with E-state index in [0.717, 1.165) is 6.54 Å². The molecule has 17 heavy (non-hydrogen) atoms. The number of hydrogen-bond acceptors (Lipinski definition) is 5. The van der Waals surface area contributed by atoms with Crippen LogP contribution in [0.15, 0.2) is 0 Å². The third kappa shape index (κ3) is 4.19. The lowest BCUT2D eigenvalue weighted by molar-refractivity contribution is -0.156. The van der Waals surface area contributed by atoms with Crippen LogP contribution in [-0.2, 0) is 4.74 Å². The van der Waals surface area contributed by atoms with Gasteiger partial charge in [-0.1, -0.05) is 6.92 Å². The van der Waals surface area contributed by atoms with Gasteiger partial charge in [0, 0.05) is 25.0 Å². The summed E-state index contributed by atoms with van der Waals surface area (Å²) in [6.07, 6.45) is -0.194. The Bertz CT molecular complexity index is 241. The standard InChI is InChI=1S/C12H25NO4/c1-11(2)6-13(4-10(5-14)17-11)7-12(3,8-15)9-16/h10,14-16H,4-9H2,1-3H3. The largest absolute Gasteiger partial charge is 0.396 e. The third-order valence-electron chi connectivity index (χ3n) is 3.12. The molecule has 1 rings (SSSR count). The Balaban J connectivity index is 2.64. The van der Waals surface area contributed by atoms with Gasteiger partial charge in [-0.15, -0.1) is 0 Å². The molecule has 3 N–H and O–H groups in total. The third-order valence-corrected chi connectivity index (χ3v) is 3.12. The monoisotopic (exact) mass is 247 g/mol. The number of hydrogen-bond donors (Lipinski definition) is 3. The lowest BCUT2D eigenvalue weighted by Crippen LogP contribution is -2.56. The Kier molecular flexibility index (Phi) is 4.92. The van der Waals surface area contributed by atoms with Crippen molar-refractivity contribution in [1.29, 1.82) is 0 Å². The topological polar surface area (TPSA) is 73.2 Å². The second kappa shape index (κ2) is 5.63. The first-order chi connectivity index (χ1) is 7.84. The Morgan fingerprint density at radius 1 is 1.29 bits per heavy atom. The highest BCUT2D eigenvalue weighted by Gasteiger charge is 2.36. The Labute approximate surface area is 103 Å². The summed E-state index contributed by atoms with van der Waals surface area (Å²) in [7, 11) is 0. The molecule has 102 valence electrons. The van der Waals surface area contributed by atoms with Crippen molar-refractivity contribution in [1.82, 2.24) is 4.90 Å². The zero-order valence-corrected chi connectivity index (χ0v) is 11.0. The van der Waals surface area contributed by atoms with Crippen LogP contribution in [0, 0.1) is 5.41 Å². The van der Waals surface area contributed by atoms with Gasteiger partial charge >= 0.3 is 0 Å². The van der Waals surface area contributed by atoms with Gasteiger partial charge in [0.25, 0.3) is 0 Å². The van der Waals surface area contributed by atoms with Gasteiger partial charge in [-0.25, -0.2) is 0 Å². The number of nitrogens with zero attached hydrogens (tertiary/aromatic N) is 1. The lowest BCUT2D eigenvalue weighted by Gasteiger charge is -2.44. The van der Waals surface area contributed by atoms with E-state index in [2.05, 4.69) is 4.90 Å². The Morgan fingerprint density at radius 3 is 2.35 bits per heavy atom. The van der Waals surface area contributed by atoms with E-state index in [1.165, 1.54) is 0 Å². The van der Waals surface area contributed by atoms with Crippen LogP contribution in [0.2, 0.25) is 0 Å². The molecule has 0 amide bonds. The molecule has 1 heterocycles. The number of aliphatic hydroxyl groups is 3. The van der Waals surface area contributed by atoms with Crippen molar-refractivity contribution < 1.29 is 20.1 Å². The minimum atomic E-state index is -0.507. The second-order valence-electron chi connectivity index (χ2n) is 5.98. The van der Waals surface area contributed by atoms with Gasteiger partial charge in [0.1, 0.15) is 0 Å². The molecule has 1 fully saturated rings. The molecule has 5 nitrogen and oxygen atoms in total. The number of morpholine rings is 1. The molecule has 0 aromatic carbocycles. The van der Waals surface area contributed by atoms with E-state index in [9.17, 15) is 15.3 Å². The number of ether oxygens (including phenoxy) is 1. The molecule has 0 aliphatic carbocycles. The first kappa shape index (κ1) is 14.9. The van der Waals surface area contributed by atoms with Gasteiger partial charge in [-0.05, 0) is 13.8 Å². The first-order valence-electron chi connectivity index (χ1n) is 6.07. The maximum atomic E-state index is 9.30. The van der Waals surface area contributed by atoms with E-state index in [0.29, 0.717) is 13.1 Å². The summed E-state index contributed by atoms with van der Waals surface area (Å²) in [4.78, 5) is 2.14. The van der Waals surface area contributed by atoms with Gasteiger partial charge in [0.15, 0.2) is 0 Å². The molecule has 0 saturated carbocycles. The summed E-state index contributed by atoms with van der Waals surface area (Å²) in [5, 5.41) is 27.8. The minimum absolute atomic E-state index is 0.00507. The van der Waals surface area contributed by atoms with Crippen LogP contribution in [-0.4, -0.2) is 71.4 Å². The SMILES string of the molecule is CC(CO)(CO)CN1CC(CO)OC(C)(C)C1. The van der Waals surface area contributed by atoms with Crippen LogP contribution in [0.5, 0.6) is 0 Å². The maximum Gasteiger partial charge on any atom is 0.0940 e. The molecule has 1 saturated heterocycles. The smallest absolute Gasteiger partial charge is 0.0940 e. The molecule has 0 bridgehead atoms.